The molecule has 5 nitrogen and oxygen atoms in total. The van der Waals surface area contributed by atoms with Gasteiger partial charge < -0.3 is 5.32 Å². The number of carbonyl (C=O) groups excluding carboxylic acids is 1. The average Bonchev–Trinajstić information content (AvgIpc) is 2.93. The van der Waals surface area contributed by atoms with Crippen LogP contribution in [-0.4, -0.2) is 27.1 Å². The van der Waals surface area contributed by atoms with Crippen molar-refractivity contribution in [3.63, 3.8) is 0 Å². The Balaban J connectivity index is 2.01. The molecular weight excluding hydrogens is 216 g/mol. The van der Waals surface area contributed by atoms with Gasteiger partial charge in [-0.25, -0.2) is 4.98 Å². The third-order valence-electron chi connectivity index (χ3n) is 3.09. The third kappa shape index (κ3) is 2.84. The Morgan fingerprint density at radius 2 is 2.12 bits per heavy atom. The van der Waals surface area contributed by atoms with Gasteiger partial charge in [0.15, 0.2) is 0 Å². The van der Waals surface area contributed by atoms with Crippen LogP contribution in [0.5, 0.6) is 0 Å². The fraction of sp³-hybridized carbons (Fsp3) is 0.750. The van der Waals surface area contributed by atoms with E-state index in [2.05, 4.69) is 20.5 Å². The summed E-state index contributed by atoms with van der Waals surface area (Å²) in [7, 11) is 0. The van der Waals surface area contributed by atoms with Crippen molar-refractivity contribution in [2.24, 2.45) is 5.92 Å². The molecular formula is C12H20N4O. The SMILES string of the molecule is CC(NC(=O)c1n[nH]c(C(C)(C)C)n1)C1CC1. The standard InChI is InChI=1S/C12H20N4O/c1-7(8-5-6-8)13-10(17)9-14-11(16-15-9)12(2,3)4/h7-8H,5-6H2,1-4H3,(H,13,17)(H,14,15,16). The molecule has 0 aromatic carbocycles. The number of H-pyrrole nitrogens is 1. The highest BCUT2D eigenvalue weighted by molar-refractivity contribution is 5.90. The lowest BCUT2D eigenvalue weighted by Gasteiger charge is -2.13. The molecule has 17 heavy (non-hydrogen) atoms. The van der Waals surface area contributed by atoms with Crippen molar-refractivity contribution in [2.75, 3.05) is 0 Å². The molecule has 1 aromatic heterocycles. The van der Waals surface area contributed by atoms with E-state index >= 15 is 0 Å². The van der Waals surface area contributed by atoms with Crippen molar-refractivity contribution in [2.45, 2.75) is 52.0 Å². The Kier molecular flexibility index (Phi) is 2.93. The number of amides is 1. The maximum Gasteiger partial charge on any atom is 0.291 e. The quantitative estimate of drug-likeness (QED) is 0.838. The first-order valence-corrected chi connectivity index (χ1v) is 6.11. The van der Waals surface area contributed by atoms with E-state index in [0.717, 1.165) is 5.82 Å². The van der Waals surface area contributed by atoms with Crippen LogP contribution >= 0.6 is 0 Å². The summed E-state index contributed by atoms with van der Waals surface area (Å²) in [6, 6.07) is 0.221. The number of hydrogen-bond acceptors (Lipinski definition) is 3. The Bertz CT molecular complexity index is 414. The Labute approximate surface area is 101 Å². The lowest BCUT2D eigenvalue weighted by Crippen LogP contribution is -2.34. The van der Waals surface area contributed by atoms with Gasteiger partial charge in [-0.3, -0.25) is 9.89 Å². The van der Waals surface area contributed by atoms with E-state index in [4.69, 9.17) is 0 Å². The van der Waals surface area contributed by atoms with Gasteiger partial charge in [-0.2, -0.15) is 0 Å². The van der Waals surface area contributed by atoms with Crippen LogP contribution in [0.3, 0.4) is 0 Å². The molecule has 1 amide bonds. The summed E-state index contributed by atoms with van der Waals surface area (Å²) in [6.45, 7) is 8.12. The molecule has 1 aliphatic rings. The number of nitrogens with one attached hydrogen (secondary N) is 2. The minimum Gasteiger partial charge on any atom is -0.347 e. The van der Waals surface area contributed by atoms with Crippen LogP contribution in [0.25, 0.3) is 0 Å². The van der Waals surface area contributed by atoms with Gasteiger partial charge >= 0.3 is 0 Å². The molecule has 0 aliphatic heterocycles. The second kappa shape index (κ2) is 4.13. The highest BCUT2D eigenvalue weighted by Crippen LogP contribution is 2.32. The second-order valence-electron chi connectivity index (χ2n) is 5.86. The summed E-state index contributed by atoms with van der Waals surface area (Å²) in [5.74, 6) is 1.43. The zero-order chi connectivity index (χ0) is 12.6. The number of carbonyl (C=O) groups is 1. The largest absolute Gasteiger partial charge is 0.347 e. The van der Waals surface area contributed by atoms with Crippen LogP contribution in [0.4, 0.5) is 0 Å². The lowest BCUT2D eigenvalue weighted by molar-refractivity contribution is 0.0925. The monoisotopic (exact) mass is 236 g/mol. The predicted octanol–water partition coefficient (Wildman–Crippen LogP) is 1.63. The van der Waals surface area contributed by atoms with Gasteiger partial charge in [-0.15, -0.1) is 5.10 Å². The highest BCUT2D eigenvalue weighted by Gasteiger charge is 2.30. The summed E-state index contributed by atoms with van der Waals surface area (Å²) in [5, 5.41) is 9.73. The average molecular weight is 236 g/mol. The molecule has 1 aliphatic carbocycles. The van der Waals surface area contributed by atoms with E-state index in [1.165, 1.54) is 12.8 Å². The van der Waals surface area contributed by atoms with Crippen molar-refractivity contribution in [3.05, 3.63) is 11.6 Å². The van der Waals surface area contributed by atoms with Gasteiger partial charge in [-0.1, -0.05) is 20.8 Å². The number of rotatable bonds is 3. The summed E-state index contributed by atoms with van der Waals surface area (Å²) in [6.07, 6.45) is 2.42. The summed E-state index contributed by atoms with van der Waals surface area (Å²) in [4.78, 5) is 16.1. The van der Waals surface area contributed by atoms with Crippen LogP contribution in [0.2, 0.25) is 0 Å². The first kappa shape index (κ1) is 12.1. The normalized spacial score (nSPS) is 17.9. The minimum atomic E-state index is -0.184. The Morgan fingerprint density at radius 3 is 2.59 bits per heavy atom. The number of aromatic nitrogens is 3. The van der Waals surface area contributed by atoms with Crippen LogP contribution in [0.15, 0.2) is 0 Å². The van der Waals surface area contributed by atoms with Crippen molar-refractivity contribution < 1.29 is 4.79 Å². The van der Waals surface area contributed by atoms with Gasteiger partial charge in [0.25, 0.3) is 5.91 Å². The molecule has 0 bridgehead atoms. The van der Waals surface area contributed by atoms with E-state index in [0.29, 0.717) is 5.92 Å². The van der Waals surface area contributed by atoms with Crippen LogP contribution in [0, 0.1) is 5.92 Å². The zero-order valence-corrected chi connectivity index (χ0v) is 10.9. The molecule has 1 fully saturated rings. The van der Waals surface area contributed by atoms with Crippen LogP contribution in [0.1, 0.15) is 57.0 Å². The Morgan fingerprint density at radius 1 is 1.47 bits per heavy atom. The van der Waals surface area contributed by atoms with E-state index < -0.39 is 0 Å². The fourth-order valence-corrected chi connectivity index (χ4v) is 1.68. The van der Waals surface area contributed by atoms with Gasteiger partial charge in [0, 0.05) is 11.5 Å². The maximum absolute atomic E-state index is 11.9. The van der Waals surface area contributed by atoms with Crippen LogP contribution in [-0.2, 0) is 5.41 Å². The molecule has 1 heterocycles. The first-order valence-electron chi connectivity index (χ1n) is 6.11. The smallest absolute Gasteiger partial charge is 0.291 e. The molecule has 1 unspecified atom stereocenters. The molecule has 1 atom stereocenters. The van der Waals surface area contributed by atoms with E-state index in [9.17, 15) is 4.79 Å². The summed E-state index contributed by atoms with van der Waals surface area (Å²) in [5.41, 5.74) is -0.117. The number of aromatic amines is 1. The van der Waals surface area contributed by atoms with Gasteiger partial charge in [-0.05, 0) is 25.7 Å². The lowest BCUT2D eigenvalue weighted by atomic mass is 9.96. The fourth-order valence-electron chi connectivity index (χ4n) is 1.68. The molecule has 2 rings (SSSR count). The zero-order valence-electron chi connectivity index (χ0n) is 10.9. The Hall–Kier alpha value is -1.39. The highest BCUT2D eigenvalue weighted by atomic mass is 16.2. The maximum atomic E-state index is 11.9. The molecule has 5 heteroatoms. The minimum absolute atomic E-state index is 0.117. The van der Waals surface area contributed by atoms with Gasteiger partial charge in [0.05, 0.1) is 0 Å². The van der Waals surface area contributed by atoms with Crippen molar-refractivity contribution in [1.82, 2.24) is 20.5 Å². The molecule has 0 radical (unpaired) electrons. The molecule has 0 spiro atoms. The number of nitrogens with zero attached hydrogens (tertiary/aromatic N) is 2. The first-order chi connectivity index (χ1) is 7.88. The van der Waals surface area contributed by atoms with Gasteiger partial charge in [0.2, 0.25) is 5.82 Å². The number of hydrogen-bond donors (Lipinski definition) is 2. The molecule has 94 valence electrons. The van der Waals surface area contributed by atoms with Crippen molar-refractivity contribution >= 4 is 5.91 Å². The van der Waals surface area contributed by atoms with E-state index in [1.54, 1.807) is 0 Å². The molecule has 0 saturated heterocycles. The molecule has 1 aromatic rings. The van der Waals surface area contributed by atoms with E-state index in [1.807, 2.05) is 27.7 Å². The van der Waals surface area contributed by atoms with Gasteiger partial charge in [0.1, 0.15) is 5.82 Å². The summed E-state index contributed by atoms with van der Waals surface area (Å²) >= 11 is 0. The third-order valence-corrected chi connectivity index (χ3v) is 3.09. The topological polar surface area (TPSA) is 70.7 Å². The molecule has 2 N–H and O–H groups in total. The van der Waals surface area contributed by atoms with Crippen molar-refractivity contribution in [1.29, 1.82) is 0 Å². The van der Waals surface area contributed by atoms with E-state index in [-0.39, 0.29) is 23.2 Å². The summed E-state index contributed by atoms with van der Waals surface area (Å²) < 4.78 is 0. The second-order valence-corrected chi connectivity index (χ2v) is 5.86. The van der Waals surface area contributed by atoms with Crippen molar-refractivity contribution in [3.8, 4) is 0 Å². The predicted molar refractivity (Wildman–Crippen MR) is 64.7 cm³/mol. The molecule has 1 saturated carbocycles. The van der Waals surface area contributed by atoms with Crippen LogP contribution < -0.4 is 5.32 Å².